The molecule has 2 rings (SSSR count). The molecule has 1 aromatic heterocycles. The Balaban J connectivity index is 2.81. The third-order valence-electron chi connectivity index (χ3n) is 3.10. The van der Waals surface area contributed by atoms with Gasteiger partial charge >= 0.3 is 0 Å². The maximum absolute atomic E-state index is 6.07. The lowest BCUT2D eigenvalue weighted by Crippen LogP contribution is -2.15. The first-order chi connectivity index (χ1) is 8.34. The van der Waals surface area contributed by atoms with Gasteiger partial charge in [-0.2, -0.15) is 0 Å². The van der Waals surface area contributed by atoms with Crippen molar-refractivity contribution in [2.24, 2.45) is 0 Å². The first kappa shape index (κ1) is 13.6. The lowest BCUT2D eigenvalue weighted by atomic mass is 9.84. The Kier molecular flexibility index (Phi) is 3.56. The zero-order chi connectivity index (χ0) is 13.5. The molecule has 0 saturated heterocycles. The summed E-state index contributed by atoms with van der Waals surface area (Å²) in [6, 6.07) is 4.26. The van der Waals surface area contributed by atoms with Gasteiger partial charge in [0.15, 0.2) is 0 Å². The summed E-state index contributed by atoms with van der Waals surface area (Å²) in [5.74, 6) is 1.04. The van der Waals surface area contributed by atoms with E-state index in [1.54, 1.807) is 0 Å². The van der Waals surface area contributed by atoms with Crippen LogP contribution >= 0.6 is 15.9 Å². The van der Waals surface area contributed by atoms with Gasteiger partial charge in [0.1, 0.15) is 11.3 Å². The van der Waals surface area contributed by atoms with E-state index in [4.69, 9.17) is 4.42 Å². The molecule has 3 heteroatoms. The molecule has 0 radical (unpaired) electrons. The number of furan rings is 1. The SMILES string of the molecule is CNCc1oc2c(C)cc(Br)cc2c1C(C)(C)C. The largest absolute Gasteiger partial charge is 0.459 e. The lowest BCUT2D eigenvalue weighted by molar-refractivity contribution is 0.494. The van der Waals surface area contributed by atoms with Gasteiger partial charge in [0.05, 0.1) is 6.54 Å². The van der Waals surface area contributed by atoms with Crippen LogP contribution in [0.25, 0.3) is 11.0 Å². The van der Waals surface area contributed by atoms with Gasteiger partial charge in [-0.15, -0.1) is 0 Å². The molecule has 2 nitrogen and oxygen atoms in total. The summed E-state index contributed by atoms with van der Waals surface area (Å²) in [5, 5.41) is 4.41. The molecule has 0 fully saturated rings. The Bertz CT molecular complexity index is 578. The van der Waals surface area contributed by atoms with Crippen LogP contribution in [-0.4, -0.2) is 7.05 Å². The van der Waals surface area contributed by atoms with Gasteiger partial charge in [-0.3, -0.25) is 0 Å². The number of aryl methyl sites for hydroxylation is 1. The van der Waals surface area contributed by atoms with Crippen molar-refractivity contribution >= 4 is 26.9 Å². The average molecular weight is 310 g/mol. The van der Waals surface area contributed by atoms with E-state index in [9.17, 15) is 0 Å². The fourth-order valence-electron chi connectivity index (χ4n) is 2.48. The van der Waals surface area contributed by atoms with Crippen LogP contribution in [0.3, 0.4) is 0 Å². The number of halogens is 1. The zero-order valence-electron chi connectivity index (χ0n) is 11.6. The number of benzene rings is 1. The van der Waals surface area contributed by atoms with E-state index < -0.39 is 0 Å². The van der Waals surface area contributed by atoms with Gasteiger partial charge in [-0.05, 0) is 37.1 Å². The topological polar surface area (TPSA) is 25.2 Å². The van der Waals surface area contributed by atoms with Crippen molar-refractivity contribution in [3.63, 3.8) is 0 Å². The molecule has 2 aromatic rings. The summed E-state index contributed by atoms with van der Waals surface area (Å²) in [7, 11) is 1.95. The minimum absolute atomic E-state index is 0.0741. The maximum Gasteiger partial charge on any atom is 0.137 e. The summed E-state index contributed by atoms with van der Waals surface area (Å²) in [6.07, 6.45) is 0. The Morgan fingerprint density at radius 2 is 1.94 bits per heavy atom. The minimum atomic E-state index is 0.0741. The molecule has 1 aromatic carbocycles. The second kappa shape index (κ2) is 4.71. The second-order valence-electron chi connectivity index (χ2n) is 5.78. The molecule has 0 spiro atoms. The number of fused-ring (bicyclic) bond motifs is 1. The summed E-state index contributed by atoms with van der Waals surface area (Å²) in [4.78, 5) is 0. The van der Waals surface area contributed by atoms with Crippen LogP contribution in [0.4, 0.5) is 0 Å². The molecule has 1 N–H and O–H groups in total. The first-order valence-electron chi connectivity index (χ1n) is 6.21. The van der Waals surface area contributed by atoms with Crippen molar-refractivity contribution in [2.75, 3.05) is 7.05 Å². The van der Waals surface area contributed by atoms with E-state index in [1.165, 1.54) is 16.5 Å². The van der Waals surface area contributed by atoms with Crippen molar-refractivity contribution < 1.29 is 4.42 Å². The zero-order valence-corrected chi connectivity index (χ0v) is 13.2. The third kappa shape index (κ3) is 2.34. The summed E-state index contributed by atoms with van der Waals surface area (Å²) >= 11 is 3.58. The smallest absolute Gasteiger partial charge is 0.137 e. The van der Waals surface area contributed by atoms with E-state index in [1.807, 2.05) is 7.05 Å². The van der Waals surface area contributed by atoms with Crippen molar-refractivity contribution in [2.45, 2.75) is 39.7 Å². The highest BCUT2D eigenvalue weighted by Gasteiger charge is 2.25. The molecule has 0 atom stereocenters. The van der Waals surface area contributed by atoms with Crippen LogP contribution in [-0.2, 0) is 12.0 Å². The Hall–Kier alpha value is -0.800. The normalized spacial score (nSPS) is 12.3. The van der Waals surface area contributed by atoms with Gasteiger partial charge in [-0.1, -0.05) is 36.7 Å². The van der Waals surface area contributed by atoms with Crippen molar-refractivity contribution in [3.8, 4) is 0 Å². The number of nitrogens with one attached hydrogen (secondary N) is 1. The average Bonchev–Trinajstić information content (AvgIpc) is 2.56. The summed E-state index contributed by atoms with van der Waals surface area (Å²) < 4.78 is 7.17. The van der Waals surface area contributed by atoms with Gasteiger partial charge in [0.2, 0.25) is 0 Å². The van der Waals surface area contributed by atoms with Crippen LogP contribution in [0, 0.1) is 6.92 Å². The van der Waals surface area contributed by atoms with Crippen molar-refractivity contribution in [1.29, 1.82) is 0 Å². The van der Waals surface area contributed by atoms with Crippen LogP contribution in [0.1, 0.15) is 37.7 Å². The first-order valence-corrected chi connectivity index (χ1v) is 7.00. The highest BCUT2D eigenvalue weighted by atomic mass is 79.9. The molecule has 0 saturated carbocycles. The predicted molar refractivity (Wildman–Crippen MR) is 80.1 cm³/mol. The van der Waals surface area contributed by atoms with Crippen LogP contribution in [0.2, 0.25) is 0 Å². The van der Waals surface area contributed by atoms with Crippen molar-refractivity contribution in [3.05, 3.63) is 33.5 Å². The van der Waals surface area contributed by atoms with Crippen molar-refractivity contribution in [1.82, 2.24) is 5.32 Å². The molecular formula is C15H20BrNO. The number of hydrogen-bond donors (Lipinski definition) is 1. The van der Waals surface area contributed by atoms with E-state index in [0.29, 0.717) is 0 Å². The van der Waals surface area contributed by atoms with Gasteiger partial charge in [0.25, 0.3) is 0 Å². The standard InChI is InChI=1S/C15H20BrNO/c1-9-6-10(16)7-11-13(15(2,3)4)12(8-17-5)18-14(9)11/h6-7,17H,8H2,1-5H3. The second-order valence-corrected chi connectivity index (χ2v) is 6.70. The molecule has 18 heavy (non-hydrogen) atoms. The molecular weight excluding hydrogens is 290 g/mol. The molecule has 0 aliphatic carbocycles. The number of rotatable bonds is 2. The van der Waals surface area contributed by atoms with Crippen LogP contribution in [0.15, 0.2) is 21.0 Å². The van der Waals surface area contributed by atoms with Crippen LogP contribution < -0.4 is 5.32 Å². The molecule has 0 unspecified atom stereocenters. The molecule has 0 aliphatic heterocycles. The van der Waals surface area contributed by atoms with E-state index >= 15 is 0 Å². The number of hydrogen-bond acceptors (Lipinski definition) is 2. The van der Waals surface area contributed by atoms with E-state index in [0.717, 1.165) is 22.4 Å². The molecule has 0 amide bonds. The predicted octanol–water partition coefficient (Wildman–Crippen LogP) is 4.52. The van der Waals surface area contributed by atoms with E-state index in [2.05, 4.69) is 61.1 Å². The highest BCUT2D eigenvalue weighted by Crippen LogP contribution is 2.38. The summed E-state index contributed by atoms with van der Waals surface area (Å²) in [5.41, 5.74) is 3.56. The highest BCUT2D eigenvalue weighted by molar-refractivity contribution is 9.10. The Morgan fingerprint density at radius 3 is 2.50 bits per heavy atom. The quantitative estimate of drug-likeness (QED) is 0.882. The Morgan fingerprint density at radius 1 is 1.28 bits per heavy atom. The lowest BCUT2D eigenvalue weighted by Gasteiger charge is -2.19. The fraction of sp³-hybridized carbons (Fsp3) is 0.467. The monoisotopic (exact) mass is 309 g/mol. The Labute approximate surface area is 117 Å². The van der Waals surface area contributed by atoms with E-state index in [-0.39, 0.29) is 5.41 Å². The fourth-order valence-corrected chi connectivity index (χ4v) is 3.06. The minimum Gasteiger partial charge on any atom is -0.459 e. The molecule has 1 heterocycles. The molecule has 0 aliphatic rings. The van der Waals surface area contributed by atoms with Gasteiger partial charge in [-0.25, -0.2) is 0 Å². The van der Waals surface area contributed by atoms with Crippen LogP contribution in [0.5, 0.6) is 0 Å². The van der Waals surface area contributed by atoms with Gasteiger partial charge in [0, 0.05) is 15.4 Å². The molecule has 0 bridgehead atoms. The third-order valence-corrected chi connectivity index (χ3v) is 3.56. The molecule has 98 valence electrons. The van der Waals surface area contributed by atoms with Gasteiger partial charge < -0.3 is 9.73 Å². The maximum atomic E-state index is 6.07. The summed E-state index contributed by atoms with van der Waals surface area (Å²) in [6.45, 7) is 9.54.